The van der Waals surface area contributed by atoms with Gasteiger partial charge in [0, 0.05) is 17.7 Å². The molecule has 0 aromatic heterocycles. The average Bonchev–Trinajstić information content (AvgIpc) is 2.92. The molecule has 0 amide bonds. The van der Waals surface area contributed by atoms with Crippen LogP contribution in [0, 0.1) is 18.8 Å². The molecule has 6 nitrogen and oxygen atoms in total. The van der Waals surface area contributed by atoms with Crippen molar-refractivity contribution in [3.8, 4) is 0 Å². The largest absolute Gasteiger partial charge is 0.394 e. The first-order chi connectivity index (χ1) is 12.5. The molecule has 6 atom stereocenters. The van der Waals surface area contributed by atoms with Gasteiger partial charge >= 0.3 is 0 Å². The van der Waals surface area contributed by atoms with Crippen LogP contribution < -0.4 is 0 Å². The fourth-order valence-electron chi connectivity index (χ4n) is 4.49. The fourth-order valence-corrected chi connectivity index (χ4v) is 9.41. The Morgan fingerprint density at radius 3 is 2.52 bits per heavy atom. The van der Waals surface area contributed by atoms with Gasteiger partial charge in [0.15, 0.2) is 9.84 Å². The maximum absolute atomic E-state index is 13.0. The Morgan fingerprint density at radius 1 is 1.30 bits per heavy atom. The van der Waals surface area contributed by atoms with Gasteiger partial charge in [0.25, 0.3) is 0 Å². The standard InChI is InChI=1S/C19H29O6PS/c1-12-4-6-13(7-5-12)27(23,24)11-17-14-8-19(2,3)25-18(14)15(10-26(17)22)16(21)9-20/h4-7,14-18,20-21,26H,8-11H2,1-3H3. The minimum atomic E-state index is -3.57. The number of sulfone groups is 1. The molecule has 0 radical (unpaired) electrons. The van der Waals surface area contributed by atoms with Gasteiger partial charge in [-0.3, -0.25) is 0 Å². The van der Waals surface area contributed by atoms with Crippen molar-refractivity contribution < 1.29 is 27.9 Å². The zero-order valence-corrected chi connectivity index (χ0v) is 17.8. The highest BCUT2D eigenvalue weighted by Crippen LogP contribution is 2.54. The molecule has 0 spiro atoms. The lowest BCUT2D eigenvalue weighted by Crippen LogP contribution is -2.47. The number of benzene rings is 1. The molecule has 0 bridgehead atoms. The molecule has 8 heteroatoms. The van der Waals surface area contributed by atoms with E-state index >= 15 is 0 Å². The first kappa shape index (κ1) is 21.0. The van der Waals surface area contributed by atoms with Crippen molar-refractivity contribution >= 4 is 17.6 Å². The first-order valence-corrected chi connectivity index (χ1v) is 12.7. The van der Waals surface area contributed by atoms with Gasteiger partial charge in [0.05, 0.1) is 42.9 Å². The van der Waals surface area contributed by atoms with E-state index in [1.807, 2.05) is 20.8 Å². The average molecular weight is 416 g/mol. The Morgan fingerprint density at radius 2 is 1.93 bits per heavy atom. The minimum absolute atomic E-state index is 0.170. The number of aliphatic hydroxyl groups is 2. The highest BCUT2D eigenvalue weighted by molar-refractivity contribution is 7.91. The van der Waals surface area contributed by atoms with E-state index in [1.165, 1.54) is 0 Å². The van der Waals surface area contributed by atoms with Crippen LogP contribution in [-0.2, 0) is 19.1 Å². The zero-order valence-electron chi connectivity index (χ0n) is 16.0. The fraction of sp³-hybridized carbons (Fsp3) is 0.684. The molecule has 2 aliphatic rings. The second kappa shape index (κ2) is 7.60. The van der Waals surface area contributed by atoms with Crippen LogP contribution in [0.1, 0.15) is 25.8 Å². The second-order valence-electron chi connectivity index (χ2n) is 8.50. The van der Waals surface area contributed by atoms with Crippen LogP contribution in [0.2, 0.25) is 0 Å². The van der Waals surface area contributed by atoms with Crippen LogP contribution in [0.25, 0.3) is 0 Å². The summed E-state index contributed by atoms with van der Waals surface area (Å²) in [6.07, 6.45) is -0.591. The van der Waals surface area contributed by atoms with Crippen molar-refractivity contribution in [2.24, 2.45) is 11.8 Å². The van der Waals surface area contributed by atoms with Gasteiger partial charge < -0.3 is 19.5 Å². The van der Waals surface area contributed by atoms with Crippen LogP contribution in [0.3, 0.4) is 0 Å². The topological polar surface area (TPSA) is 101 Å². The second-order valence-corrected chi connectivity index (χ2v) is 12.6. The van der Waals surface area contributed by atoms with Gasteiger partial charge in [-0.2, -0.15) is 0 Å². The van der Waals surface area contributed by atoms with Gasteiger partial charge in [-0.1, -0.05) is 17.7 Å². The van der Waals surface area contributed by atoms with Gasteiger partial charge in [0.2, 0.25) is 0 Å². The highest BCUT2D eigenvalue weighted by atomic mass is 32.2. The monoisotopic (exact) mass is 416 g/mol. The Balaban J connectivity index is 1.89. The van der Waals surface area contributed by atoms with E-state index in [0.717, 1.165) is 5.56 Å². The summed E-state index contributed by atoms with van der Waals surface area (Å²) in [7, 11) is -5.84. The van der Waals surface area contributed by atoms with Crippen molar-refractivity contribution in [1.82, 2.24) is 0 Å². The normalized spacial score (nSPS) is 34.2. The summed E-state index contributed by atoms with van der Waals surface area (Å²) in [4.78, 5) is 0.246. The van der Waals surface area contributed by atoms with Crippen LogP contribution >= 0.6 is 7.80 Å². The van der Waals surface area contributed by atoms with Gasteiger partial charge in [-0.15, -0.1) is 0 Å². The predicted molar refractivity (Wildman–Crippen MR) is 105 cm³/mol. The van der Waals surface area contributed by atoms with Crippen LogP contribution in [-0.4, -0.2) is 60.6 Å². The van der Waals surface area contributed by atoms with Crippen molar-refractivity contribution in [3.63, 3.8) is 0 Å². The van der Waals surface area contributed by atoms with Gasteiger partial charge in [0.1, 0.15) is 0 Å². The Labute approximate surface area is 161 Å². The SMILES string of the molecule is Cc1ccc(S(=O)(=O)CC2C3CC(C)(C)OC3C(C(O)CO)C[PH]2=O)cc1. The van der Waals surface area contributed by atoms with E-state index in [1.54, 1.807) is 24.3 Å². The third-order valence-electron chi connectivity index (χ3n) is 5.85. The third-order valence-corrected chi connectivity index (χ3v) is 10.3. The molecule has 27 heavy (non-hydrogen) atoms. The molecule has 2 heterocycles. The molecule has 2 aliphatic heterocycles. The Hall–Kier alpha value is -0.720. The van der Waals surface area contributed by atoms with Crippen molar-refractivity contribution in [3.05, 3.63) is 29.8 Å². The first-order valence-electron chi connectivity index (χ1n) is 9.33. The van der Waals surface area contributed by atoms with Crippen molar-refractivity contribution in [2.75, 3.05) is 18.5 Å². The van der Waals surface area contributed by atoms with E-state index in [4.69, 9.17) is 4.74 Å². The number of ether oxygens (including phenoxy) is 1. The molecule has 0 saturated carbocycles. The minimum Gasteiger partial charge on any atom is -0.394 e. The number of aryl methyl sites for hydroxylation is 1. The van der Waals surface area contributed by atoms with E-state index in [0.29, 0.717) is 6.42 Å². The summed E-state index contributed by atoms with van der Waals surface area (Å²) in [6, 6.07) is 6.70. The number of aliphatic hydroxyl groups excluding tert-OH is 2. The smallest absolute Gasteiger partial charge is 0.179 e. The molecule has 1 aromatic carbocycles. The van der Waals surface area contributed by atoms with E-state index in [9.17, 15) is 23.2 Å². The Bertz CT molecular complexity index is 804. The molecule has 2 fully saturated rings. The lowest BCUT2D eigenvalue weighted by atomic mass is 9.83. The molecule has 0 aliphatic carbocycles. The van der Waals surface area contributed by atoms with Gasteiger partial charge in [-0.25, -0.2) is 8.42 Å². The zero-order chi connectivity index (χ0) is 20.0. The molecule has 2 saturated heterocycles. The van der Waals surface area contributed by atoms with Crippen LogP contribution in [0.15, 0.2) is 29.2 Å². The van der Waals surface area contributed by atoms with Crippen LogP contribution in [0.4, 0.5) is 0 Å². The van der Waals surface area contributed by atoms with Crippen LogP contribution in [0.5, 0.6) is 0 Å². The quantitative estimate of drug-likeness (QED) is 0.711. The summed E-state index contributed by atoms with van der Waals surface area (Å²) >= 11 is 0. The maximum Gasteiger partial charge on any atom is 0.179 e. The third kappa shape index (κ3) is 4.33. The molecule has 6 unspecified atom stereocenters. The van der Waals surface area contributed by atoms with E-state index < -0.39 is 47.5 Å². The summed E-state index contributed by atoms with van der Waals surface area (Å²) in [6.45, 7) is 5.33. The number of fused-ring (bicyclic) bond motifs is 1. The number of hydrogen-bond donors (Lipinski definition) is 2. The Kier molecular flexibility index (Phi) is 5.91. The number of rotatable bonds is 5. The predicted octanol–water partition coefficient (Wildman–Crippen LogP) is 1.86. The molecular formula is C19H29O6PS. The van der Waals surface area contributed by atoms with Gasteiger partial charge in [-0.05, 0) is 45.2 Å². The molecular weight excluding hydrogens is 387 g/mol. The van der Waals surface area contributed by atoms with Crippen molar-refractivity contribution in [2.45, 2.75) is 55.6 Å². The summed E-state index contributed by atoms with van der Waals surface area (Å²) in [5, 5.41) is 19.5. The molecule has 3 rings (SSSR count). The molecule has 152 valence electrons. The lowest BCUT2D eigenvalue weighted by Gasteiger charge is -2.39. The van der Waals surface area contributed by atoms with E-state index in [-0.39, 0.29) is 28.8 Å². The highest BCUT2D eigenvalue weighted by Gasteiger charge is 2.54. The summed E-state index contributed by atoms with van der Waals surface area (Å²) in [5.41, 5.74) is 0.0310. The summed E-state index contributed by atoms with van der Waals surface area (Å²) < 4.78 is 45.0. The maximum atomic E-state index is 13.0. The number of hydrogen-bond acceptors (Lipinski definition) is 6. The van der Waals surface area contributed by atoms with Crippen molar-refractivity contribution in [1.29, 1.82) is 0 Å². The van der Waals surface area contributed by atoms with E-state index in [2.05, 4.69) is 0 Å². The summed E-state index contributed by atoms with van der Waals surface area (Å²) in [5.74, 6) is -0.797. The molecule has 2 N–H and O–H groups in total. The molecule has 1 aromatic rings. The lowest BCUT2D eigenvalue weighted by molar-refractivity contribution is -0.0817.